The lowest BCUT2D eigenvalue weighted by molar-refractivity contribution is -1.07. The maximum atomic E-state index is 12.8. The number of fused-ring (bicyclic) bond motifs is 1. The van der Waals surface area contributed by atoms with Crippen LogP contribution in [0.2, 0.25) is 0 Å². The molecule has 1 spiro atoms. The van der Waals surface area contributed by atoms with Crippen LogP contribution in [-0.2, 0) is 31.8 Å². The lowest BCUT2D eigenvalue weighted by Gasteiger charge is -2.35. The molecular weight excluding hydrogens is 416 g/mol. The van der Waals surface area contributed by atoms with Gasteiger partial charge in [0.1, 0.15) is 12.6 Å². The number of carbonyl (C=O) groups excluding carboxylic acids is 1. The summed E-state index contributed by atoms with van der Waals surface area (Å²) in [5.74, 6) is -2.56. The van der Waals surface area contributed by atoms with Crippen LogP contribution in [0, 0.1) is 5.41 Å². The summed E-state index contributed by atoms with van der Waals surface area (Å²) >= 11 is 0. The summed E-state index contributed by atoms with van der Waals surface area (Å²) < 4.78 is 17.2. The Balaban J connectivity index is 1.53. The molecule has 0 aliphatic carbocycles. The first-order chi connectivity index (χ1) is 14.9. The van der Waals surface area contributed by atoms with Gasteiger partial charge in [0.2, 0.25) is 5.60 Å². The van der Waals surface area contributed by atoms with Crippen molar-refractivity contribution in [1.29, 1.82) is 0 Å². The number of benzene rings is 1. The second-order valence-electron chi connectivity index (χ2n) is 10.3. The van der Waals surface area contributed by atoms with Gasteiger partial charge in [0.05, 0.1) is 26.8 Å². The Morgan fingerprint density at radius 2 is 1.97 bits per heavy atom. The average molecular weight is 448 g/mol. The normalized spacial score (nSPS) is 35.8. The molecule has 3 fully saturated rings. The van der Waals surface area contributed by atoms with E-state index in [1.807, 2.05) is 24.3 Å². The highest BCUT2D eigenvalue weighted by Gasteiger charge is 2.84. The highest BCUT2D eigenvalue weighted by atomic mass is 16.8. The number of hydrogen-bond acceptors (Lipinski definition) is 7. The number of rotatable bonds is 5. The number of aromatic nitrogens is 1. The number of ether oxygens (including phenoxy) is 3. The van der Waals surface area contributed by atoms with Gasteiger partial charge in [-0.25, -0.2) is 10.0 Å². The summed E-state index contributed by atoms with van der Waals surface area (Å²) in [6.07, 6.45) is -1.70. The van der Waals surface area contributed by atoms with Gasteiger partial charge in [-0.3, -0.25) is 0 Å². The Hall–Kier alpha value is -2.01. The topological polar surface area (TPSA) is 121 Å². The van der Waals surface area contributed by atoms with E-state index >= 15 is 0 Å². The number of hydroxylamine groups is 3. The van der Waals surface area contributed by atoms with Gasteiger partial charge in [0.25, 0.3) is 5.79 Å². The fourth-order valence-electron chi connectivity index (χ4n) is 5.51. The zero-order chi connectivity index (χ0) is 23.1. The first-order valence-electron chi connectivity index (χ1n) is 11.0. The highest BCUT2D eigenvalue weighted by Crippen LogP contribution is 2.61. The van der Waals surface area contributed by atoms with Crippen molar-refractivity contribution in [2.24, 2.45) is 5.41 Å². The number of quaternary nitrogens is 1. The van der Waals surface area contributed by atoms with Crippen molar-refractivity contribution < 1.29 is 39.1 Å². The minimum Gasteiger partial charge on any atom is -0.451 e. The standard InChI is InChI=1S/C23H31N2O7/c1-21(2)18(32-23-19(17(26)12-30-23)31-20(27)22(21,23)28)11-16-14(9-10-25(3,4)29)13-7-5-6-8-15(13)24-16/h5-8,17-19,24,26,28-29H,9-12H2,1-4H3/q+1/t17-,18-,19+,22-,23+/m0/s1. The number of carbonyl (C=O) groups is 1. The van der Waals surface area contributed by atoms with Crippen molar-refractivity contribution in [2.45, 2.75) is 56.4 Å². The monoisotopic (exact) mass is 447 g/mol. The summed E-state index contributed by atoms with van der Waals surface area (Å²) in [4.78, 5) is 16.2. The number of esters is 1. The number of H-pyrrole nitrogens is 1. The van der Waals surface area contributed by atoms with Gasteiger partial charge in [-0.05, 0) is 11.6 Å². The van der Waals surface area contributed by atoms with E-state index in [1.54, 1.807) is 27.9 Å². The predicted octanol–water partition coefficient (Wildman–Crippen LogP) is 0.887. The number of para-hydroxylation sites is 1. The van der Waals surface area contributed by atoms with Gasteiger partial charge in [-0.2, -0.15) is 4.65 Å². The largest absolute Gasteiger partial charge is 0.451 e. The van der Waals surface area contributed by atoms with Crippen molar-refractivity contribution in [3.05, 3.63) is 35.5 Å². The predicted molar refractivity (Wildman–Crippen MR) is 113 cm³/mol. The summed E-state index contributed by atoms with van der Waals surface area (Å²) in [6.45, 7) is 3.96. The van der Waals surface area contributed by atoms with Crippen molar-refractivity contribution in [3.63, 3.8) is 0 Å². The Labute approximate surface area is 186 Å². The first-order valence-corrected chi connectivity index (χ1v) is 11.0. The van der Waals surface area contributed by atoms with Gasteiger partial charge in [-0.1, -0.05) is 32.0 Å². The van der Waals surface area contributed by atoms with E-state index in [0.29, 0.717) is 19.4 Å². The smallest absolute Gasteiger partial charge is 0.345 e. The van der Waals surface area contributed by atoms with Crippen molar-refractivity contribution >= 4 is 16.9 Å². The lowest BCUT2D eigenvalue weighted by Crippen LogP contribution is -2.60. The third-order valence-corrected chi connectivity index (χ3v) is 7.48. The molecule has 9 nitrogen and oxygen atoms in total. The third kappa shape index (κ3) is 2.76. The molecule has 0 bridgehead atoms. The fraction of sp³-hybridized carbons (Fsp3) is 0.609. The summed E-state index contributed by atoms with van der Waals surface area (Å²) in [6, 6.07) is 7.95. The molecule has 5 rings (SSSR count). The number of nitrogens with zero attached hydrogens (tertiary/aromatic N) is 1. The van der Waals surface area contributed by atoms with E-state index in [-0.39, 0.29) is 11.3 Å². The Bertz CT molecular complexity index is 1070. The Kier molecular flexibility index (Phi) is 4.60. The van der Waals surface area contributed by atoms with Gasteiger partial charge < -0.3 is 29.4 Å². The van der Waals surface area contributed by atoms with Crippen LogP contribution >= 0.6 is 0 Å². The number of aromatic amines is 1. The molecule has 4 N–H and O–H groups in total. The Morgan fingerprint density at radius 3 is 2.69 bits per heavy atom. The van der Waals surface area contributed by atoms with Crippen LogP contribution in [0.1, 0.15) is 25.1 Å². The Morgan fingerprint density at radius 1 is 1.25 bits per heavy atom. The summed E-state index contributed by atoms with van der Waals surface area (Å²) in [5.41, 5.74) is -0.139. The van der Waals surface area contributed by atoms with E-state index < -0.39 is 41.1 Å². The third-order valence-electron chi connectivity index (χ3n) is 7.48. The molecule has 32 heavy (non-hydrogen) atoms. The molecular formula is C23H31N2O7+. The van der Waals surface area contributed by atoms with Gasteiger partial charge >= 0.3 is 5.97 Å². The minimum absolute atomic E-state index is 0.0792. The first kappa shape index (κ1) is 21.8. The molecule has 2 aromatic rings. The lowest BCUT2D eigenvalue weighted by atomic mass is 9.68. The van der Waals surface area contributed by atoms with Crippen LogP contribution in [0.3, 0.4) is 0 Å². The van der Waals surface area contributed by atoms with Gasteiger partial charge in [0, 0.05) is 34.9 Å². The molecule has 0 radical (unpaired) electrons. The molecule has 174 valence electrons. The number of hydrogen-bond donors (Lipinski definition) is 4. The molecule has 0 unspecified atom stereocenters. The SMILES string of the molecule is CC1(C)[C@H](Cc2[nH]c3ccccc3c2CC[N+](C)(C)O)O[C@]23OC[C@H](O)[C@H]2OC(=O)[C@]13O. The number of aliphatic hydroxyl groups is 2. The van der Waals surface area contributed by atoms with E-state index in [0.717, 1.165) is 22.2 Å². The van der Waals surface area contributed by atoms with Crippen LogP contribution in [0.4, 0.5) is 0 Å². The minimum atomic E-state index is -2.04. The second-order valence-corrected chi connectivity index (χ2v) is 10.3. The second kappa shape index (κ2) is 6.75. The maximum Gasteiger partial charge on any atom is 0.345 e. The summed E-state index contributed by atoms with van der Waals surface area (Å²) in [5, 5.41) is 33.2. The van der Waals surface area contributed by atoms with E-state index in [9.17, 15) is 20.2 Å². The fourth-order valence-corrected chi connectivity index (χ4v) is 5.51. The molecule has 1 aromatic heterocycles. The van der Waals surface area contributed by atoms with E-state index in [4.69, 9.17) is 14.2 Å². The zero-order valence-electron chi connectivity index (χ0n) is 18.8. The molecule has 4 heterocycles. The molecule has 0 amide bonds. The maximum absolute atomic E-state index is 12.8. The molecule has 9 heteroatoms. The molecule has 5 atom stereocenters. The number of likely N-dealkylation sites (N-methyl/N-ethyl adjacent to an activating group) is 1. The molecule has 0 saturated carbocycles. The number of aliphatic hydroxyl groups excluding tert-OH is 1. The van der Waals surface area contributed by atoms with Crippen molar-refractivity contribution in [3.8, 4) is 0 Å². The van der Waals surface area contributed by atoms with Gasteiger partial charge in [-0.15, -0.1) is 0 Å². The molecule has 3 aliphatic heterocycles. The average Bonchev–Trinajstić information content (AvgIpc) is 3.33. The van der Waals surface area contributed by atoms with Crippen molar-refractivity contribution in [1.82, 2.24) is 4.98 Å². The molecule has 3 aliphatic rings. The zero-order valence-corrected chi connectivity index (χ0v) is 18.8. The number of nitrogens with one attached hydrogen (secondary N) is 1. The van der Waals surface area contributed by atoms with Crippen molar-refractivity contribution in [2.75, 3.05) is 27.2 Å². The van der Waals surface area contributed by atoms with Crippen LogP contribution in [0.25, 0.3) is 10.9 Å². The van der Waals surface area contributed by atoms with Crippen LogP contribution in [-0.4, -0.2) is 88.0 Å². The highest BCUT2D eigenvalue weighted by molar-refractivity contribution is 5.86. The van der Waals surface area contributed by atoms with E-state index in [2.05, 4.69) is 4.98 Å². The summed E-state index contributed by atoms with van der Waals surface area (Å²) in [7, 11) is 3.45. The molecule has 3 saturated heterocycles. The van der Waals surface area contributed by atoms with Crippen LogP contribution in [0.15, 0.2) is 24.3 Å². The quantitative estimate of drug-likeness (QED) is 0.305. The van der Waals surface area contributed by atoms with E-state index in [1.165, 1.54) is 0 Å². The van der Waals surface area contributed by atoms with Crippen LogP contribution < -0.4 is 0 Å². The van der Waals surface area contributed by atoms with Gasteiger partial charge in [0.15, 0.2) is 6.10 Å². The van der Waals surface area contributed by atoms with Crippen LogP contribution in [0.5, 0.6) is 0 Å². The molecule has 1 aromatic carbocycles.